The number of halogens is 2. The molecule has 40 heavy (non-hydrogen) atoms. The van der Waals surface area contributed by atoms with E-state index in [0.717, 1.165) is 0 Å². The Hall–Kier alpha value is -4.65. The zero-order chi connectivity index (χ0) is 28.6. The molecule has 1 amide bonds. The van der Waals surface area contributed by atoms with Gasteiger partial charge >= 0.3 is 0 Å². The van der Waals surface area contributed by atoms with E-state index in [9.17, 15) is 14.4 Å². The third-order valence-electron chi connectivity index (χ3n) is 5.61. The Morgan fingerprint density at radius 2 is 2.00 bits per heavy atom. The van der Waals surface area contributed by atoms with Gasteiger partial charge in [0.15, 0.2) is 0 Å². The predicted molar refractivity (Wildman–Crippen MR) is 155 cm³/mol. The maximum absolute atomic E-state index is 13.5. The molecule has 10 heteroatoms. The first kappa shape index (κ1) is 28.4. The summed E-state index contributed by atoms with van der Waals surface area (Å²) in [6, 6.07) is 16.3. The first-order valence-corrected chi connectivity index (χ1v) is 12.8. The van der Waals surface area contributed by atoms with Gasteiger partial charge in [-0.25, -0.2) is 4.39 Å². The molecular formula is C30H27ClFN5O3. The normalized spacial score (nSPS) is 11.0. The maximum atomic E-state index is 13.5. The fourth-order valence-electron chi connectivity index (χ4n) is 3.82. The molecule has 4 rings (SSSR count). The smallest absolute Gasteiger partial charge is 0.248 e. The molecule has 204 valence electrons. The molecule has 0 spiro atoms. The molecule has 0 unspecified atom stereocenters. The van der Waals surface area contributed by atoms with Crippen LogP contribution in [-0.2, 0) is 4.79 Å². The topological polar surface area (TPSA) is 99.5 Å². The van der Waals surface area contributed by atoms with E-state index in [2.05, 4.69) is 21.7 Å². The van der Waals surface area contributed by atoms with Crippen LogP contribution in [-0.4, -0.2) is 43.0 Å². The van der Waals surface area contributed by atoms with Gasteiger partial charge in [0, 0.05) is 42.0 Å². The van der Waals surface area contributed by atoms with Gasteiger partial charge in [0.1, 0.15) is 29.1 Å². The van der Waals surface area contributed by atoms with Crippen molar-refractivity contribution in [2.24, 2.45) is 0 Å². The Morgan fingerprint density at radius 3 is 2.70 bits per heavy atom. The third kappa shape index (κ3) is 7.05. The standard InChI is InChI=1S/C30H27ClFN5O3/c1-4-39-28-16-25-23(15-26(28)36-29(38)9-6-12-37(2)3)30(19(17-33)18-34-25)35-21-10-11-27(24(31)14-21)40-22-8-5-7-20(32)13-22/h5-11,13-16,18H,4,12H2,1-3H3,(H,34,35)(H,36,38)/b9-6+. The number of aromatic nitrogens is 1. The molecule has 0 aliphatic heterocycles. The van der Waals surface area contributed by atoms with Crippen molar-refractivity contribution in [2.75, 3.05) is 37.9 Å². The summed E-state index contributed by atoms with van der Waals surface area (Å²) in [4.78, 5) is 19.0. The number of rotatable bonds is 10. The van der Waals surface area contributed by atoms with E-state index in [1.165, 1.54) is 24.4 Å². The fourth-order valence-corrected chi connectivity index (χ4v) is 4.04. The molecule has 3 aromatic carbocycles. The number of carbonyl (C=O) groups excluding carboxylic acids is 1. The maximum Gasteiger partial charge on any atom is 0.248 e. The lowest BCUT2D eigenvalue weighted by atomic mass is 10.1. The number of nitrogens with zero attached hydrogens (tertiary/aromatic N) is 3. The fraction of sp³-hybridized carbons (Fsp3) is 0.167. The number of nitrogens with one attached hydrogen (secondary N) is 2. The van der Waals surface area contributed by atoms with E-state index in [1.807, 2.05) is 25.9 Å². The summed E-state index contributed by atoms with van der Waals surface area (Å²) in [7, 11) is 3.82. The zero-order valence-electron chi connectivity index (χ0n) is 22.2. The molecule has 0 atom stereocenters. The van der Waals surface area contributed by atoms with Crippen molar-refractivity contribution in [1.82, 2.24) is 9.88 Å². The number of carbonyl (C=O) groups is 1. The lowest BCUT2D eigenvalue weighted by molar-refractivity contribution is -0.111. The van der Waals surface area contributed by atoms with Gasteiger partial charge in [-0.05, 0) is 57.4 Å². The SMILES string of the molecule is CCOc1cc2ncc(C#N)c(Nc3ccc(Oc4cccc(F)c4)c(Cl)c3)c2cc1NC(=O)/C=C/CN(C)C. The van der Waals surface area contributed by atoms with Gasteiger partial charge in [0.25, 0.3) is 0 Å². The van der Waals surface area contributed by atoms with Crippen molar-refractivity contribution in [3.8, 4) is 23.3 Å². The predicted octanol–water partition coefficient (Wildman–Crippen LogP) is 6.89. The van der Waals surface area contributed by atoms with Crippen LogP contribution in [0.15, 0.2) is 72.9 Å². The molecule has 0 fully saturated rings. The summed E-state index contributed by atoms with van der Waals surface area (Å²) in [6.45, 7) is 2.84. The summed E-state index contributed by atoms with van der Waals surface area (Å²) >= 11 is 6.47. The summed E-state index contributed by atoms with van der Waals surface area (Å²) in [5.41, 5.74) is 2.33. The minimum absolute atomic E-state index is 0.280. The second-order valence-electron chi connectivity index (χ2n) is 8.94. The van der Waals surface area contributed by atoms with Crippen LogP contribution in [0, 0.1) is 17.1 Å². The van der Waals surface area contributed by atoms with Crippen molar-refractivity contribution >= 4 is 45.5 Å². The number of benzene rings is 3. The lowest BCUT2D eigenvalue weighted by Crippen LogP contribution is -2.13. The van der Waals surface area contributed by atoms with Crippen LogP contribution < -0.4 is 20.1 Å². The first-order chi connectivity index (χ1) is 19.3. The summed E-state index contributed by atoms with van der Waals surface area (Å²) < 4.78 is 25.0. The molecule has 4 aromatic rings. The monoisotopic (exact) mass is 559 g/mol. The average molecular weight is 560 g/mol. The molecular weight excluding hydrogens is 533 g/mol. The van der Waals surface area contributed by atoms with E-state index in [4.69, 9.17) is 21.1 Å². The van der Waals surface area contributed by atoms with Gasteiger partial charge in [-0.3, -0.25) is 9.78 Å². The Labute approximate surface area is 236 Å². The third-order valence-corrected chi connectivity index (χ3v) is 5.91. The number of hydrogen-bond acceptors (Lipinski definition) is 7. The van der Waals surface area contributed by atoms with Crippen molar-refractivity contribution < 1.29 is 18.7 Å². The molecule has 0 saturated heterocycles. The number of nitriles is 1. The second kappa shape index (κ2) is 12.9. The number of ether oxygens (including phenoxy) is 2. The Morgan fingerprint density at radius 1 is 1.18 bits per heavy atom. The summed E-state index contributed by atoms with van der Waals surface area (Å²) in [5.74, 6) is 0.363. The van der Waals surface area contributed by atoms with Crippen LogP contribution >= 0.6 is 11.6 Å². The molecule has 1 heterocycles. The van der Waals surface area contributed by atoms with Crippen LogP contribution in [0.4, 0.5) is 21.5 Å². The Kier molecular flexibility index (Phi) is 9.17. The van der Waals surface area contributed by atoms with Crippen molar-refractivity contribution in [2.45, 2.75) is 6.92 Å². The average Bonchev–Trinajstić information content (AvgIpc) is 2.91. The second-order valence-corrected chi connectivity index (χ2v) is 9.35. The zero-order valence-corrected chi connectivity index (χ0v) is 22.9. The van der Waals surface area contributed by atoms with Gasteiger partial charge in [0.05, 0.1) is 34.1 Å². The van der Waals surface area contributed by atoms with Gasteiger partial charge in [-0.15, -0.1) is 0 Å². The largest absolute Gasteiger partial charge is 0.492 e. The quantitative estimate of drug-likeness (QED) is 0.204. The van der Waals surface area contributed by atoms with Crippen LogP contribution in [0.25, 0.3) is 10.9 Å². The van der Waals surface area contributed by atoms with E-state index in [0.29, 0.717) is 58.4 Å². The van der Waals surface area contributed by atoms with E-state index < -0.39 is 5.82 Å². The van der Waals surface area contributed by atoms with E-state index >= 15 is 0 Å². The molecule has 2 N–H and O–H groups in total. The minimum Gasteiger partial charge on any atom is -0.492 e. The number of pyridine rings is 1. The van der Waals surface area contributed by atoms with Crippen molar-refractivity contribution in [3.63, 3.8) is 0 Å². The molecule has 0 radical (unpaired) electrons. The van der Waals surface area contributed by atoms with Crippen LogP contribution in [0.2, 0.25) is 5.02 Å². The molecule has 0 aliphatic rings. The highest BCUT2D eigenvalue weighted by atomic mass is 35.5. The van der Waals surface area contributed by atoms with Crippen molar-refractivity contribution in [1.29, 1.82) is 5.26 Å². The highest BCUT2D eigenvalue weighted by molar-refractivity contribution is 6.32. The van der Waals surface area contributed by atoms with Crippen molar-refractivity contribution in [3.05, 3.63) is 89.3 Å². The van der Waals surface area contributed by atoms with Crippen LogP contribution in [0.1, 0.15) is 12.5 Å². The highest BCUT2D eigenvalue weighted by Crippen LogP contribution is 2.38. The molecule has 0 saturated carbocycles. The molecule has 0 aliphatic carbocycles. The number of anilines is 3. The first-order valence-electron chi connectivity index (χ1n) is 12.4. The number of fused-ring (bicyclic) bond motifs is 1. The van der Waals surface area contributed by atoms with E-state index in [1.54, 1.807) is 48.5 Å². The van der Waals surface area contributed by atoms with Gasteiger partial charge in [0.2, 0.25) is 5.91 Å². The Balaban J connectivity index is 1.68. The molecule has 1 aromatic heterocycles. The minimum atomic E-state index is -0.423. The van der Waals surface area contributed by atoms with Gasteiger partial charge in [-0.1, -0.05) is 23.7 Å². The van der Waals surface area contributed by atoms with Crippen LogP contribution in [0.5, 0.6) is 17.2 Å². The summed E-state index contributed by atoms with van der Waals surface area (Å²) in [5, 5.41) is 16.8. The van der Waals surface area contributed by atoms with Crippen LogP contribution in [0.3, 0.4) is 0 Å². The summed E-state index contributed by atoms with van der Waals surface area (Å²) in [6.07, 6.45) is 4.68. The molecule has 0 bridgehead atoms. The molecule has 8 nitrogen and oxygen atoms in total. The number of likely N-dealkylation sites (N-methyl/N-ethyl adjacent to an activating group) is 1. The van der Waals surface area contributed by atoms with E-state index in [-0.39, 0.29) is 16.5 Å². The van der Waals surface area contributed by atoms with Gasteiger partial charge in [-0.2, -0.15) is 5.26 Å². The Bertz CT molecular complexity index is 1620. The lowest BCUT2D eigenvalue weighted by Gasteiger charge is -2.16. The van der Waals surface area contributed by atoms with Gasteiger partial charge < -0.3 is 25.0 Å². The highest BCUT2D eigenvalue weighted by Gasteiger charge is 2.16. The number of hydrogen-bond donors (Lipinski definition) is 2. The number of amides is 1.